The molecule has 1 heterocycles. The number of methoxy groups -OCH3 is 3. The van der Waals surface area contributed by atoms with Crippen LogP contribution in [0.15, 0.2) is 36.4 Å². The summed E-state index contributed by atoms with van der Waals surface area (Å²) in [4.78, 5) is 29.1. The molecule has 0 radical (unpaired) electrons. The Morgan fingerprint density at radius 3 is 2.03 bits per heavy atom. The van der Waals surface area contributed by atoms with Crippen molar-refractivity contribution in [2.24, 2.45) is 0 Å². The standard InChI is InChI=1S/C23H27ClN2O5/c1-29-18-13-17(14-19(15-18)30-2)23(28)26-10-8-25(9-11-26)22(27)7-5-16-4-6-21(31-3)20(24)12-16/h4,6,12-15H,5,7-11H2,1-3H3. The lowest BCUT2D eigenvalue weighted by Crippen LogP contribution is -2.50. The van der Waals surface area contributed by atoms with E-state index in [0.29, 0.717) is 66.9 Å². The SMILES string of the molecule is COc1cc(OC)cc(C(=O)N2CCN(C(=O)CCc3ccc(OC)c(Cl)c3)CC2)c1. The second-order valence-corrected chi connectivity index (χ2v) is 7.65. The smallest absolute Gasteiger partial charge is 0.254 e. The van der Waals surface area contributed by atoms with Crippen molar-refractivity contribution in [2.75, 3.05) is 47.5 Å². The molecule has 31 heavy (non-hydrogen) atoms. The summed E-state index contributed by atoms with van der Waals surface area (Å²) in [6.07, 6.45) is 0.995. The third-order valence-corrected chi connectivity index (χ3v) is 5.66. The Morgan fingerprint density at radius 1 is 0.871 bits per heavy atom. The largest absolute Gasteiger partial charge is 0.497 e. The van der Waals surface area contributed by atoms with Crippen molar-refractivity contribution in [1.29, 1.82) is 0 Å². The first-order chi connectivity index (χ1) is 14.9. The lowest BCUT2D eigenvalue weighted by Gasteiger charge is -2.35. The molecule has 1 saturated heterocycles. The summed E-state index contributed by atoms with van der Waals surface area (Å²) >= 11 is 6.15. The number of halogens is 1. The van der Waals surface area contributed by atoms with E-state index in [4.69, 9.17) is 25.8 Å². The average Bonchev–Trinajstić information content (AvgIpc) is 2.81. The Bertz CT molecular complexity index is 919. The van der Waals surface area contributed by atoms with Gasteiger partial charge in [0.1, 0.15) is 17.2 Å². The van der Waals surface area contributed by atoms with Gasteiger partial charge >= 0.3 is 0 Å². The van der Waals surface area contributed by atoms with E-state index in [-0.39, 0.29) is 11.8 Å². The van der Waals surface area contributed by atoms with E-state index in [1.807, 2.05) is 12.1 Å². The Labute approximate surface area is 187 Å². The van der Waals surface area contributed by atoms with Crippen LogP contribution in [0.3, 0.4) is 0 Å². The molecule has 2 aromatic carbocycles. The number of carbonyl (C=O) groups excluding carboxylic acids is 2. The van der Waals surface area contributed by atoms with Crippen LogP contribution in [0.5, 0.6) is 17.2 Å². The lowest BCUT2D eigenvalue weighted by molar-refractivity contribution is -0.132. The van der Waals surface area contributed by atoms with E-state index in [1.165, 1.54) is 0 Å². The second-order valence-electron chi connectivity index (χ2n) is 7.24. The lowest BCUT2D eigenvalue weighted by atomic mass is 10.1. The van der Waals surface area contributed by atoms with E-state index in [0.717, 1.165) is 5.56 Å². The maximum atomic E-state index is 12.9. The number of hydrogen-bond donors (Lipinski definition) is 0. The minimum absolute atomic E-state index is 0.0714. The summed E-state index contributed by atoms with van der Waals surface area (Å²) in [6, 6.07) is 10.7. The number of nitrogens with zero attached hydrogens (tertiary/aromatic N) is 2. The van der Waals surface area contributed by atoms with Gasteiger partial charge in [0.05, 0.1) is 26.4 Å². The fourth-order valence-electron chi connectivity index (χ4n) is 3.55. The van der Waals surface area contributed by atoms with Crippen LogP contribution in [0.1, 0.15) is 22.3 Å². The molecule has 0 unspecified atom stereocenters. The van der Waals surface area contributed by atoms with Crippen molar-refractivity contribution in [3.8, 4) is 17.2 Å². The van der Waals surface area contributed by atoms with Gasteiger partial charge in [0.2, 0.25) is 5.91 Å². The summed E-state index contributed by atoms with van der Waals surface area (Å²) in [6.45, 7) is 1.99. The van der Waals surface area contributed by atoms with Crippen LogP contribution >= 0.6 is 11.6 Å². The fraction of sp³-hybridized carbons (Fsp3) is 0.391. The van der Waals surface area contributed by atoms with Crippen LogP contribution in [0.4, 0.5) is 0 Å². The zero-order valence-corrected chi connectivity index (χ0v) is 18.8. The van der Waals surface area contributed by atoms with Gasteiger partial charge in [0.25, 0.3) is 5.91 Å². The van der Waals surface area contributed by atoms with Gasteiger partial charge in [-0.2, -0.15) is 0 Å². The predicted molar refractivity (Wildman–Crippen MR) is 118 cm³/mol. The van der Waals surface area contributed by atoms with Crippen LogP contribution in [-0.4, -0.2) is 69.1 Å². The molecule has 0 saturated carbocycles. The highest BCUT2D eigenvalue weighted by Gasteiger charge is 2.25. The van der Waals surface area contributed by atoms with E-state index in [9.17, 15) is 9.59 Å². The highest BCUT2D eigenvalue weighted by molar-refractivity contribution is 6.32. The van der Waals surface area contributed by atoms with E-state index in [2.05, 4.69) is 0 Å². The first-order valence-corrected chi connectivity index (χ1v) is 10.5. The van der Waals surface area contributed by atoms with Crippen molar-refractivity contribution >= 4 is 23.4 Å². The molecule has 166 valence electrons. The number of ether oxygens (including phenoxy) is 3. The molecule has 2 aromatic rings. The Morgan fingerprint density at radius 2 is 1.48 bits per heavy atom. The molecule has 0 spiro atoms. The quantitative estimate of drug-likeness (QED) is 0.652. The fourth-order valence-corrected chi connectivity index (χ4v) is 3.83. The van der Waals surface area contributed by atoms with Crippen molar-refractivity contribution < 1.29 is 23.8 Å². The van der Waals surface area contributed by atoms with E-state index in [1.54, 1.807) is 55.4 Å². The van der Waals surface area contributed by atoms with Gasteiger partial charge in [-0.25, -0.2) is 0 Å². The first kappa shape index (κ1) is 22.7. The van der Waals surface area contributed by atoms with Crippen LogP contribution in [0, 0.1) is 0 Å². The normalized spacial score (nSPS) is 13.7. The predicted octanol–water partition coefficient (Wildman–Crippen LogP) is 3.28. The highest BCUT2D eigenvalue weighted by Crippen LogP contribution is 2.26. The van der Waals surface area contributed by atoms with Crippen molar-refractivity contribution in [3.63, 3.8) is 0 Å². The molecule has 1 aliphatic heterocycles. The van der Waals surface area contributed by atoms with Gasteiger partial charge < -0.3 is 24.0 Å². The van der Waals surface area contributed by atoms with E-state index < -0.39 is 0 Å². The number of piperazine rings is 1. The van der Waals surface area contributed by atoms with Crippen molar-refractivity contribution in [2.45, 2.75) is 12.8 Å². The molecule has 2 amide bonds. The highest BCUT2D eigenvalue weighted by atomic mass is 35.5. The first-order valence-electron chi connectivity index (χ1n) is 10.1. The van der Waals surface area contributed by atoms with Gasteiger partial charge in [0, 0.05) is 44.2 Å². The number of benzene rings is 2. The molecule has 7 nitrogen and oxygen atoms in total. The zero-order chi connectivity index (χ0) is 22.4. The van der Waals surface area contributed by atoms with Crippen LogP contribution in [-0.2, 0) is 11.2 Å². The molecule has 1 aliphatic rings. The van der Waals surface area contributed by atoms with Crippen molar-refractivity contribution in [3.05, 3.63) is 52.5 Å². The number of rotatable bonds is 7. The molecule has 0 bridgehead atoms. The monoisotopic (exact) mass is 446 g/mol. The van der Waals surface area contributed by atoms with Gasteiger partial charge in [-0.1, -0.05) is 17.7 Å². The minimum atomic E-state index is -0.0998. The van der Waals surface area contributed by atoms with Crippen molar-refractivity contribution in [1.82, 2.24) is 9.80 Å². The Hall–Kier alpha value is -2.93. The topological polar surface area (TPSA) is 68.3 Å². The number of hydrogen-bond acceptors (Lipinski definition) is 5. The van der Waals surface area contributed by atoms with Crippen LogP contribution < -0.4 is 14.2 Å². The molecular formula is C23H27ClN2O5. The van der Waals surface area contributed by atoms with Gasteiger partial charge in [-0.3, -0.25) is 9.59 Å². The molecule has 8 heteroatoms. The van der Waals surface area contributed by atoms with Crippen LogP contribution in [0.25, 0.3) is 0 Å². The second kappa shape index (κ2) is 10.4. The van der Waals surface area contributed by atoms with Crippen LogP contribution in [0.2, 0.25) is 5.02 Å². The molecular weight excluding hydrogens is 420 g/mol. The molecule has 0 aliphatic carbocycles. The van der Waals surface area contributed by atoms with Gasteiger partial charge in [0.15, 0.2) is 0 Å². The summed E-state index contributed by atoms with van der Waals surface area (Å²) in [5, 5.41) is 0.536. The molecule has 3 rings (SSSR count). The minimum Gasteiger partial charge on any atom is -0.497 e. The average molecular weight is 447 g/mol. The Kier molecular flexibility index (Phi) is 7.63. The third-order valence-electron chi connectivity index (χ3n) is 5.36. The van der Waals surface area contributed by atoms with Gasteiger partial charge in [-0.15, -0.1) is 0 Å². The Balaban J connectivity index is 1.53. The number of amides is 2. The maximum Gasteiger partial charge on any atom is 0.254 e. The third kappa shape index (κ3) is 5.61. The zero-order valence-electron chi connectivity index (χ0n) is 18.0. The summed E-state index contributed by atoms with van der Waals surface area (Å²) in [5.74, 6) is 1.72. The molecule has 0 N–H and O–H groups in total. The maximum absolute atomic E-state index is 12.9. The summed E-state index contributed by atoms with van der Waals surface area (Å²) in [5.41, 5.74) is 1.49. The summed E-state index contributed by atoms with van der Waals surface area (Å²) in [7, 11) is 4.67. The number of aryl methyl sites for hydroxylation is 1. The molecule has 0 atom stereocenters. The number of carbonyl (C=O) groups is 2. The molecule has 1 fully saturated rings. The van der Waals surface area contributed by atoms with Gasteiger partial charge in [-0.05, 0) is 36.2 Å². The summed E-state index contributed by atoms with van der Waals surface area (Å²) < 4.78 is 15.7. The van der Waals surface area contributed by atoms with E-state index >= 15 is 0 Å². The molecule has 0 aromatic heterocycles.